The second-order valence-electron chi connectivity index (χ2n) is 0. The van der Waals surface area contributed by atoms with E-state index in [4.69, 9.17) is 0 Å². The Morgan fingerprint density at radius 2 is 0.571 bits per heavy atom. The van der Waals surface area contributed by atoms with Gasteiger partial charge in [0.05, 0.1) is 0 Å². The molecule has 0 aromatic heterocycles. The van der Waals surface area contributed by atoms with Gasteiger partial charge in [0.2, 0.25) is 0 Å². The van der Waals surface area contributed by atoms with E-state index in [2.05, 4.69) is 0 Å². The Bertz CT molecular complexity index is 13.7. The van der Waals surface area contributed by atoms with Gasteiger partial charge in [-0.25, -0.2) is 0 Å². The first-order valence-electron chi connectivity index (χ1n) is 0. The summed E-state index contributed by atoms with van der Waals surface area (Å²) in [5.74, 6) is 0. The summed E-state index contributed by atoms with van der Waals surface area (Å²) in [6, 6.07) is 0. The van der Waals surface area contributed by atoms with Gasteiger partial charge in [-0.1, -0.05) is 0 Å². The molecule has 0 unspecified atom stereocenters. The van der Waals surface area contributed by atoms with Crippen LogP contribution in [0.4, 0.5) is 0 Å². The molecule has 0 aromatic carbocycles. The maximum Gasteiger partial charge on any atom is 0 e. The largest absolute Gasteiger partial charge is 0 e. The Morgan fingerprint density at radius 1 is 0.571 bits per heavy atom. The Labute approximate surface area is 131 Å². The fourth-order valence-electron chi connectivity index (χ4n) is 0. The van der Waals surface area contributed by atoms with Gasteiger partial charge in [0.15, 0.2) is 0 Å². The predicted molar refractivity (Wildman–Crippen MR) is 17.8 cm³/mol. The number of rotatable bonds is 0. The van der Waals surface area contributed by atoms with E-state index in [9.17, 15) is 0 Å². The minimum atomic E-state index is 0. The average molecular weight is 385 g/mol. The third-order valence-electron chi connectivity index (χ3n) is 0. The Hall–Kier alpha value is 4.16. The molecule has 1 nitrogen and oxygen atoms in total. The molecule has 32 valence electrons. The van der Waals surface area contributed by atoms with E-state index < -0.39 is 0 Å². The Balaban J connectivity index is 0. The van der Waals surface area contributed by atoms with E-state index in [-0.39, 0.29) is 134 Å². The van der Waals surface area contributed by atoms with Gasteiger partial charge in [-0.2, -0.15) is 0 Å². The van der Waals surface area contributed by atoms with Gasteiger partial charge in [0.25, 0.3) is 0 Å². The van der Waals surface area contributed by atoms with Crippen LogP contribution in [-0.4, -0.2) is 47.3 Å². The number of hydrogen-bond acceptors (Lipinski definition) is 0. The van der Waals surface area contributed by atoms with Crippen LogP contribution in [0.25, 0.3) is 0 Å². The van der Waals surface area contributed by atoms with Gasteiger partial charge in [-0.05, 0) is 0 Å². The number of hydrogen-bond donors (Lipinski definition) is 0. The molecule has 0 saturated carbocycles. The molecule has 0 saturated heterocycles. The standard InChI is InChI=1S/2Li.O.2H2Te.2Ti/h;;;2*1H2;;/q2*+1;-2;;;;. The summed E-state index contributed by atoms with van der Waals surface area (Å²) in [6.45, 7) is 0. The van der Waals surface area contributed by atoms with Crippen LogP contribution in [-0.2, 0) is 48.9 Å². The maximum absolute atomic E-state index is 0. The molecule has 0 aliphatic heterocycles. The van der Waals surface area contributed by atoms with Crippen molar-refractivity contribution in [1.82, 2.24) is 0 Å². The Kier molecular flexibility index (Phi) is 468. The molecule has 0 rings (SSSR count). The van der Waals surface area contributed by atoms with Crippen LogP contribution in [0, 0.1) is 0 Å². The van der Waals surface area contributed by atoms with E-state index in [0.29, 0.717) is 0 Å². The smallest absolute Gasteiger partial charge is 0 e. The predicted octanol–water partition coefficient (Wildman–Crippen LogP) is -7.95. The first-order chi connectivity index (χ1) is 0. The monoisotopic (exact) mass is 390 g/mol. The molecular formula is H4Li2OTe2Ti2. The summed E-state index contributed by atoms with van der Waals surface area (Å²) in [5, 5.41) is 0. The second-order valence-corrected chi connectivity index (χ2v) is 0. The van der Waals surface area contributed by atoms with Crippen LogP contribution in [0.2, 0.25) is 0 Å². The molecule has 7 heteroatoms. The topological polar surface area (TPSA) is 28.5 Å². The molecule has 0 fully saturated rings. The maximum atomic E-state index is 0. The average Bonchev–Trinajstić information content (AvgIpc) is 0. The van der Waals surface area contributed by atoms with Crippen molar-refractivity contribution in [3.63, 3.8) is 0 Å². The molecule has 0 N–H and O–H groups in total. The molecule has 0 radical (unpaired) electrons. The van der Waals surface area contributed by atoms with Crippen molar-refractivity contribution in [3.05, 3.63) is 0 Å². The third-order valence-corrected chi connectivity index (χ3v) is 0. The van der Waals surface area contributed by atoms with Crippen molar-refractivity contribution < 1.29 is 86.6 Å². The zero-order valence-electron chi connectivity index (χ0n) is 4.41. The summed E-state index contributed by atoms with van der Waals surface area (Å²) >= 11 is 0. The van der Waals surface area contributed by atoms with Gasteiger partial charge < -0.3 is 5.48 Å². The van der Waals surface area contributed by atoms with Crippen LogP contribution < -0.4 is 37.7 Å². The Morgan fingerprint density at radius 3 is 0.571 bits per heavy atom. The SMILES string of the molecule is [Li+].[Li+].[O-2].[TeH2].[TeH2].[Ti].[Ti]. The minimum absolute atomic E-state index is 0. The van der Waals surface area contributed by atoms with Crippen molar-refractivity contribution in [1.29, 1.82) is 0 Å². The van der Waals surface area contributed by atoms with E-state index in [1.54, 1.807) is 0 Å². The van der Waals surface area contributed by atoms with Gasteiger partial charge in [-0.15, -0.1) is 0 Å². The summed E-state index contributed by atoms with van der Waals surface area (Å²) in [7, 11) is 0. The first kappa shape index (κ1) is 66.5. The molecule has 0 aromatic rings. The van der Waals surface area contributed by atoms with Gasteiger partial charge in [0, 0.05) is 43.4 Å². The summed E-state index contributed by atoms with van der Waals surface area (Å²) < 4.78 is 0. The van der Waals surface area contributed by atoms with Crippen molar-refractivity contribution in [2.24, 2.45) is 0 Å². The van der Waals surface area contributed by atoms with Crippen molar-refractivity contribution in [2.45, 2.75) is 0 Å². The summed E-state index contributed by atoms with van der Waals surface area (Å²) in [6.07, 6.45) is 0. The molecular weight excluding hydrogens is 381 g/mol. The van der Waals surface area contributed by atoms with Gasteiger partial charge >= 0.3 is 85.1 Å². The molecule has 0 aliphatic carbocycles. The minimum Gasteiger partial charge on any atom is 0 e. The molecule has 0 aliphatic rings. The molecule has 0 spiro atoms. The zero-order chi connectivity index (χ0) is 0. The van der Waals surface area contributed by atoms with E-state index >= 15 is 0 Å². The molecule has 0 atom stereocenters. The van der Waals surface area contributed by atoms with Crippen LogP contribution >= 0.6 is 0 Å². The normalized spacial score (nSPS) is 0. The summed E-state index contributed by atoms with van der Waals surface area (Å²) in [4.78, 5) is 0. The molecule has 0 heterocycles. The van der Waals surface area contributed by atoms with Gasteiger partial charge in [0.1, 0.15) is 0 Å². The fraction of sp³-hybridized carbons (Fsp3) is 0. The molecule has 0 bridgehead atoms. The third kappa shape index (κ3) is 39.1. The zero-order valence-corrected chi connectivity index (χ0v) is 13.2. The van der Waals surface area contributed by atoms with Crippen LogP contribution in [0.15, 0.2) is 0 Å². The van der Waals surface area contributed by atoms with Crippen molar-refractivity contribution in [3.8, 4) is 0 Å². The van der Waals surface area contributed by atoms with Crippen molar-refractivity contribution in [2.75, 3.05) is 0 Å². The van der Waals surface area contributed by atoms with Gasteiger partial charge in [-0.3, -0.25) is 0 Å². The van der Waals surface area contributed by atoms with E-state index in [0.717, 1.165) is 0 Å². The van der Waals surface area contributed by atoms with Crippen LogP contribution in [0.5, 0.6) is 0 Å². The van der Waals surface area contributed by atoms with Crippen LogP contribution in [0.1, 0.15) is 0 Å². The van der Waals surface area contributed by atoms with Crippen molar-refractivity contribution >= 4 is 47.3 Å². The van der Waals surface area contributed by atoms with E-state index in [1.165, 1.54) is 0 Å². The van der Waals surface area contributed by atoms with Crippen LogP contribution in [0.3, 0.4) is 0 Å². The second kappa shape index (κ2) is 49.2. The molecule has 7 heavy (non-hydrogen) atoms. The summed E-state index contributed by atoms with van der Waals surface area (Å²) in [5.41, 5.74) is 0. The molecule has 0 amide bonds. The quantitative estimate of drug-likeness (QED) is 0.371. The first-order valence-corrected chi connectivity index (χ1v) is 0. The fourth-order valence-corrected chi connectivity index (χ4v) is 0. The van der Waals surface area contributed by atoms with E-state index in [1.807, 2.05) is 0 Å².